The fourth-order valence-corrected chi connectivity index (χ4v) is 5.57. The Morgan fingerprint density at radius 1 is 1.09 bits per heavy atom. The van der Waals surface area contributed by atoms with Gasteiger partial charge in [0, 0.05) is 17.6 Å². The van der Waals surface area contributed by atoms with Gasteiger partial charge in [-0.1, -0.05) is 65.9 Å². The SMILES string of the molecule is Cc1ccc(CN(C(=O)CN(c2ccc(Cl)cc2Cl)S(C)(=O)=O)[C@H](C)C(=O)NC2CCCC2)cc1. The lowest BCUT2D eigenvalue weighted by molar-refractivity contribution is -0.139. The number of hydrogen-bond donors (Lipinski definition) is 1. The maximum atomic E-state index is 13.6. The molecule has 1 N–H and O–H groups in total. The summed E-state index contributed by atoms with van der Waals surface area (Å²) >= 11 is 12.2. The van der Waals surface area contributed by atoms with Gasteiger partial charge in [-0.25, -0.2) is 8.42 Å². The molecule has 0 spiro atoms. The molecule has 0 radical (unpaired) electrons. The zero-order chi connectivity index (χ0) is 25.8. The first-order chi connectivity index (χ1) is 16.5. The van der Waals surface area contributed by atoms with E-state index in [9.17, 15) is 18.0 Å². The molecule has 1 saturated carbocycles. The fourth-order valence-electron chi connectivity index (χ4n) is 4.14. The standard InChI is InChI=1S/C25H31Cl2N3O4S/c1-17-8-10-19(11-9-17)15-29(18(2)25(32)28-21-6-4-5-7-21)24(31)16-30(35(3,33)34)23-13-12-20(26)14-22(23)27/h8-14,18,21H,4-7,15-16H2,1-3H3,(H,28,32)/t18-/m1/s1. The second kappa shape index (κ2) is 11.6. The van der Waals surface area contributed by atoms with Crippen molar-refractivity contribution in [2.24, 2.45) is 0 Å². The molecule has 2 aromatic carbocycles. The first-order valence-electron chi connectivity index (χ1n) is 11.5. The van der Waals surface area contributed by atoms with Gasteiger partial charge in [0.1, 0.15) is 12.6 Å². The quantitative estimate of drug-likeness (QED) is 0.506. The van der Waals surface area contributed by atoms with E-state index >= 15 is 0 Å². The number of nitrogens with one attached hydrogen (secondary N) is 1. The summed E-state index contributed by atoms with van der Waals surface area (Å²) in [6, 6.07) is 11.3. The van der Waals surface area contributed by atoms with Crippen LogP contribution in [0.2, 0.25) is 10.0 Å². The second-order valence-electron chi connectivity index (χ2n) is 9.04. The van der Waals surface area contributed by atoms with Crippen molar-refractivity contribution in [1.82, 2.24) is 10.2 Å². The number of halogens is 2. The highest BCUT2D eigenvalue weighted by atomic mass is 35.5. The Kier molecular flexibility index (Phi) is 9.07. The normalized spacial score (nSPS) is 15.0. The van der Waals surface area contributed by atoms with Crippen LogP contribution in [0.15, 0.2) is 42.5 Å². The second-order valence-corrected chi connectivity index (χ2v) is 11.8. The molecular weight excluding hydrogens is 509 g/mol. The largest absolute Gasteiger partial charge is 0.352 e. The molecule has 35 heavy (non-hydrogen) atoms. The van der Waals surface area contributed by atoms with Gasteiger partial charge < -0.3 is 10.2 Å². The molecule has 2 aromatic rings. The highest BCUT2D eigenvalue weighted by molar-refractivity contribution is 7.92. The van der Waals surface area contributed by atoms with E-state index in [4.69, 9.17) is 23.2 Å². The molecule has 190 valence electrons. The van der Waals surface area contributed by atoms with E-state index in [1.165, 1.54) is 23.1 Å². The Bertz CT molecular complexity index is 1170. The van der Waals surface area contributed by atoms with Crippen LogP contribution in [-0.2, 0) is 26.2 Å². The lowest BCUT2D eigenvalue weighted by Crippen LogP contribution is -2.52. The summed E-state index contributed by atoms with van der Waals surface area (Å²) in [5.74, 6) is -0.774. The number of carbonyl (C=O) groups excluding carboxylic acids is 2. The molecule has 7 nitrogen and oxygen atoms in total. The Hall–Kier alpha value is -2.29. The predicted molar refractivity (Wildman–Crippen MR) is 140 cm³/mol. The minimum atomic E-state index is -3.87. The maximum Gasteiger partial charge on any atom is 0.244 e. The highest BCUT2D eigenvalue weighted by Gasteiger charge is 2.32. The van der Waals surface area contributed by atoms with E-state index in [-0.39, 0.29) is 29.2 Å². The molecule has 0 saturated heterocycles. The number of nitrogens with zero attached hydrogens (tertiary/aromatic N) is 2. The molecule has 1 aliphatic rings. The number of sulfonamides is 1. The zero-order valence-corrected chi connectivity index (χ0v) is 22.5. The smallest absolute Gasteiger partial charge is 0.244 e. The van der Waals surface area contributed by atoms with Crippen molar-refractivity contribution >= 4 is 50.7 Å². The molecule has 10 heteroatoms. The van der Waals surface area contributed by atoms with Gasteiger partial charge in [-0.05, 0) is 50.5 Å². The number of carbonyl (C=O) groups is 2. The Morgan fingerprint density at radius 2 is 1.71 bits per heavy atom. The van der Waals surface area contributed by atoms with E-state index in [0.29, 0.717) is 5.02 Å². The molecular formula is C25H31Cl2N3O4S. The lowest BCUT2D eigenvalue weighted by Gasteiger charge is -2.32. The summed E-state index contributed by atoms with van der Waals surface area (Å²) in [4.78, 5) is 28.1. The summed E-state index contributed by atoms with van der Waals surface area (Å²) < 4.78 is 26.2. The van der Waals surface area contributed by atoms with E-state index in [1.54, 1.807) is 6.92 Å². The number of rotatable bonds is 9. The fraction of sp³-hybridized carbons (Fsp3) is 0.440. The van der Waals surface area contributed by atoms with Crippen LogP contribution in [0.3, 0.4) is 0 Å². The van der Waals surface area contributed by atoms with Crippen LogP contribution in [0.5, 0.6) is 0 Å². The van der Waals surface area contributed by atoms with Gasteiger partial charge in [0.2, 0.25) is 21.8 Å². The van der Waals surface area contributed by atoms with Crippen molar-refractivity contribution in [2.75, 3.05) is 17.1 Å². The van der Waals surface area contributed by atoms with E-state index in [0.717, 1.165) is 47.4 Å². The van der Waals surface area contributed by atoms with Gasteiger partial charge in [-0.2, -0.15) is 0 Å². The number of anilines is 1. The van der Waals surface area contributed by atoms with E-state index < -0.39 is 28.5 Å². The van der Waals surface area contributed by atoms with Crippen LogP contribution in [0.4, 0.5) is 5.69 Å². The molecule has 1 aliphatic carbocycles. The predicted octanol–water partition coefficient (Wildman–Crippen LogP) is 4.54. The number of aryl methyl sites for hydroxylation is 1. The third-order valence-corrected chi connectivity index (χ3v) is 7.86. The van der Waals surface area contributed by atoms with Crippen molar-refractivity contribution in [3.05, 3.63) is 63.6 Å². The molecule has 3 rings (SSSR count). The number of hydrogen-bond acceptors (Lipinski definition) is 4. The van der Waals surface area contributed by atoms with Gasteiger partial charge >= 0.3 is 0 Å². The Balaban J connectivity index is 1.89. The van der Waals surface area contributed by atoms with E-state index in [2.05, 4.69) is 5.32 Å². The summed E-state index contributed by atoms with van der Waals surface area (Å²) in [5, 5.41) is 3.49. The topological polar surface area (TPSA) is 86.8 Å². The van der Waals surface area contributed by atoms with Crippen LogP contribution >= 0.6 is 23.2 Å². The monoisotopic (exact) mass is 539 g/mol. The van der Waals surface area contributed by atoms with Crippen molar-refractivity contribution in [2.45, 2.75) is 58.2 Å². The first kappa shape index (κ1) is 27.3. The van der Waals surface area contributed by atoms with Crippen LogP contribution in [0.25, 0.3) is 0 Å². The van der Waals surface area contributed by atoms with Gasteiger partial charge in [-0.3, -0.25) is 13.9 Å². The van der Waals surface area contributed by atoms with Crippen LogP contribution in [0, 0.1) is 6.92 Å². The molecule has 0 bridgehead atoms. The zero-order valence-electron chi connectivity index (χ0n) is 20.1. The Morgan fingerprint density at radius 3 is 2.29 bits per heavy atom. The van der Waals surface area contributed by atoms with Crippen LogP contribution < -0.4 is 9.62 Å². The minimum absolute atomic E-state index is 0.0988. The Labute approximate surface area is 217 Å². The number of amides is 2. The molecule has 0 aromatic heterocycles. The van der Waals surface area contributed by atoms with Crippen molar-refractivity contribution in [3.8, 4) is 0 Å². The third kappa shape index (κ3) is 7.35. The number of benzene rings is 2. The first-order valence-corrected chi connectivity index (χ1v) is 14.1. The van der Waals surface area contributed by atoms with Crippen LogP contribution in [0.1, 0.15) is 43.7 Å². The van der Waals surface area contributed by atoms with Gasteiger partial charge in [0.15, 0.2) is 0 Å². The summed E-state index contributed by atoms with van der Waals surface area (Å²) in [7, 11) is -3.87. The molecule has 0 heterocycles. The van der Waals surface area contributed by atoms with Crippen LogP contribution in [-0.4, -0.2) is 50.0 Å². The summed E-state index contributed by atoms with van der Waals surface area (Å²) in [6.07, 6.45) is 4.97. The molecule has 1 atom stereocenters. The molecule has 1 fully saturated rings. The van der Waals surface area contributed by atoms with Crippen molar-refractivity contribution < 1.29 is 18.0 Å². The molecule has 0 aliphatic heterocycles. The van der Waals surface area contributed by atoms with Gasteiger partial charge in [0.05, 0.1) is 17.0 Å². The van der Waals surface area contributed by atoms with Crippen molar-refractivity contribution in [3.63, 3.8) is 0 Å². The maximum absolute atomic E-state index is 13.6. The lowest BCUT2D eigenvalue weighted by atomic mass is 10.1. The average molecular weight is 541 g/mol. The minimum Gasteiger partial charge on any atom is -0.352 e. The molecule has 0 unspecified atom stereocenters. The summed E-state index contributed by atoms with van der Waals surface area (Å²) in [5.41, 5.74) is 2.05. The summed E-state index contributed by atoms with van der Waals surface area (Å²) in [6.45, 7) is 3.28. The highest BCUT2D eigenvalue weighted by Crippen LogP contribution is 2.30. The average Bonchev–Trinajstić information content (AvgIpc) is 3.29. The van der Waals surface area contributed by atoms with E-state index in [1.807, 2.05) is 31.2 Å². The van der Waals surface area contributed by atoms with Crippen molar-refractivity contribution in [1.29, 1.82) is 0 Å². The third-order valence-electron chi connectivity index (χ3n) is 6.20. The van der Waals surface area contributed by atoms with Gasteiger partial charge in [-0.15, -0.1) is 0 Å². The van der Waals surface area contributed by atoms with Gasteiger partial charge in [0.25, 0.3) is 0 Å². The molecule has 2 amide bonds.